The summed E-state index contributed by atoms with van der Waals surface area (Å²) in [4.78, 5) is 22.2. The van der Waals surface area contributed by atoms with Crippen LogP contribution >= 0.6 is 0 Å². The molecule has 0 bridgehead atoms. The summed E-state index contributed by atoms with van der Waals surface area (Å²) in [6.45, 7) is 0. The van der Waals surface area contributed by atoms with Gasteiger partial charge < -0.3 is 5.11 Å². The van der Waals surface area contributed by atoms with Gasteiger partial charge in [0.15, 0.2) is 5.78 Å². The molecule has 0 aliphatic rings. The van der Waals surface area contributed by atoms with Crippen LogP contribution in [0.5, 0.6) is 0 Å². The third kappa shape index (κ3) is 9.32. The average molecular weight is 304 g/mol. The number of rotatable bonds is 13. The number of aliphatic carboxylic acids is 1. The first-order valence-corrected chi connectivity index (χ1v) is 8.50. The van der Waals surface area contributed by atoms with Gasteiger partial charge >= 0.3 is 5.97 Å². The molecule has 3 heteroatoms. The number of carbonyl (C=O) groups excluding carboxylic acids is 1. The van der Waals surface area contributed by atoms with Crippen LogP contribution in [0.4, 0.5) is 0 Å². The molecule has 0 saturated carbocycles. The topological polar surface area (TPSA) is 54.4 Å². The minimum atomic E-state index is -0.690. The Kier molecular flexibility index (Phi) is 10.0. The van der Waals surface area contributed by atoms with Gasteiger partial charge in [0.2, 0.25) is 0 Å². The molecule has 0 unspecified atom stereocenters. The normalized spacial score (nSPS) is 10.5. The van der Waals surface area contributed by atoms with Crippen molar-refractivity contribution in [3.8, 4) is 0 Å². The van der Waals surface area contributed by atoms with Gasteiger partial charge in [-0.3, -0.25) is 9.59 Å². The first-order chi connectivity index (χ1) is 10.7. The lowest BCUT2D eigenvalue weighted by Crippen LogP contribution is -1.98. The highest BCUT2D eigenvalue weighted by molar-refractivity contribution is 5.95. The molecule has 0 saturated heterocycles. The number of benzene rings is 1. The van der Waals surface area contributed by atoms with Crippen molar-refractivity contribution >= 4 is 11.8 Å². The van der Waals surface area contributed by atoms with E-state index >= 15 is 0 Å². The number of hydrogen-bond acceptors (Lipinski definition) is 2. The van der Waals surface area contributed by atoms with E-state index in [0.717, 1.165) is 37.7 Å². The molecule has 1 rings (SSSR count). The second-order valence-electron chi connectivity index (χ2n) is 5.86. The van der Waals surface area contributed by atoms with Crippen LogP contribution in [-0.2, 0) is 4.79 Å². The van der Waals surface area contributed by atoms with E-state index < -0.39 is 5.97 Å². The molecule has 0 fully saturated rings. The van der Waals surface area contributed by atoms with E-state index in [-0.39, 0.29) is 5.78 Å². The Morgan fingerprint density at radius 1 is 0.682 bits per heavy atom. The van der Waals surface area contributed by atoms with E-state index in [4.69, 9.17) is 5.11 Å². The van der Waals surface area contributed by atoms with E-state index in [1.54, 1.807) is 0 Å². The summed E-state index contributed by atoms with van der Waals surface area (Å²) in [5.74, 6) is -0.441. The predicted octanol–water partition coefficient (Wildman–Crippen LogP) is 5.25. The highest BCUT2D eigenvalue weighted by Gasteiger charge is 2.04. The van der Waals surface area contributed by atoms with Gasteiger partial charge in [0.05, 0.1) is 0 Å². The highest BCUT2D eigenvalue weighted by Crippen LogP contribution is 2.13. The molecule has 0 radical (unpaired) electrons. The van der Waals surface area contributed by atoms with Crippen molar-refractivity contribution in [1.29, 1.82) is 0 Å². The first-order valence-electron chi connectivity index (χ1n) is 8.50. The van der Waals surface area contributed by atoms with Gasteiger partial charge in [0, 0.05) is 18.4 Å². The van der Waals surface area contributed by atoms with Gasteiger partial charge in [0.1, 0.15) is 0 Å². The maximum atomic E-state index is 11.9. The zero-order valence-corrected chi connectivity index (χ0v) is 13.4. The molecule has 0 amide bonds. The summed E-state index contributed by atoms with van der Waals surface area (Å²) in [6, 6.07) is 9.51. The summed E-state index contributed by atoms with van der Waals surface area (Å²) in [5, 5.41) is 8.52. The number of carboxylic acid groups (broad SMARTS) is 1. The number of carbonyl (C=O) groups is 2. The molecule has 1 N–H and O–H groups in total. The summed E-state index contributed by atoms with van der Waals surface area (Å²) in [6.07, 6.45) is 10.9. The van der Waals surface area contributed by atoms with Gasteiger partial charge in [-0.1, -0.05) is 75.3 Å². The minimum absolute atomic E-state index is 0.249. The van der Waals surface area contributed by atoms with Gasteiger partial charge in [0.25, 0.3) is 0 Å². The van der Waals surface area contributed by atoms with Crippen LogP contribution in [-0.4, -0.2) is 16.9 Å². The molecular weight excluding hydrogens is 276 g/mol. The molecule has 0 heterocycles. The van der Waals surface area contributed by atoms with Crippen molar-refractivity contribution in [2.45, 2.75) is 70.6 Å². The van der Waals surface area contributed by atoms with Gasteiger partial charge in [-0.05, 0) is 12.8 Å². The zero-order chi connectivity index (χ0) is 16.0. The summed E-state index contributed by atoms with van der Waals surface area (Å²) in [5.41, 5.74) is 0.823. The Labute approximate surface area is 133 Å². The SMILES string of the molecule is O=C(O)CCCCCCCCCCCC(=O)c1ccccc1. The number of Topliss-reactive ketones (excluding diaryl/α,β-unsaturated/α-hetero) is 1. The van der Waals surface area contributed by atoms with E-state index in [9.17, 15) is 9.59 Å². The fourth-order valence-corrected chi connectivity index (χ4v) is 2.57. The zero-order valence-electron chi connectivity index (χ0n) is 13.4. The lowest BCUT2D eigenvalue weighted by atomic mass is 10.0. The Bertz CT molecular complexity index is 426. The second kappa shape index (κ2) is 12.0. The van der Waals surface area contributed by atoms with Crippen molar-refractivity contribution in [1.82, 2.24) is 0 Å². The van der Waals surface area contributed by atoms with Crippen LogP contribution < -0.4 is 0 Å². The molecule has 22 heavy (non-hydrogen) atoms. The van der Waals surface area contributed by atoms with Gasteiger partial charge in [-0.15, -0.1) is 0 Å². The third-order valence-electron chi connectivity index (χ3n) is 3.89. The summed E-state index contributed by atoms with van der Waals surface area (Å²) in [7, 11) is 0. The van der Waals surface area contributed by atoms with E-state index in [1.165, 1.54) is 25.7 Å². The molecule has 122 valence electrons. The standard InChI is InChI=1S/C19H28O3/c20-18(17-13-9-8-10-14-17)15-11-6-4-2-1-3-5-7-12-16-19(21)22/h8-10,13-14H,1-7,11-12,15-16H2,(H,21,22). The molecule has 0 spiro atoms. The number of ketones is 1. The first kappa shape index (κ1) is 18.4. The molecule has 1 aromatic carbocycles. The van der Waals surface area contributed by atoms with Crippen molar-refractivity contribution in [2.75, 3.05) is 0 Å². The Hall–Kier alpha value is -1.64. The van der Waals surface area contributed by atoms with E-state index in [0.29, 0.717) is 12.8 Å². The second-order valence-corrected chi connectivity index (χ2v) is 5.86. The van der Waals surface area contributed by atoms with E-state index in [1.807, 2.05) is 30.3 Å². The lowest BCUT2D eigenvalue weighted by molar-refractivity contribution is -0.137. The van der Waals surface area contributed by atoms with Gasteiger partial charge in [-0.2, -0.15) is 0 Å². The van der Waals surface area contributed by atoms with Gasteiger partial charge in [-0.25, -0.2) is 0 Å². The van der Waals surface area contributed by atoms with Crippen LogP contribution in [0.25, 0.3) is 0 Å². The molecular formula is C19H28O3. The van der Waals surface area contributed by atoms with Crippen LogP contribution in [0, 0.1) is 0 Å². The molecule has 0 aliphatic heterocycles. The number of carboxylic acids is 1. The van der Waals surface area contributed by atoms with E-state index in [2.05, 4.69) is 0 Å². The third-order valence-corrected chi connectivity index (χ3v) is 3.89. The quantitative estimate of drug-likeness (QED) is 0.400. The van der Waals surface area contributed by atoms with Crippen molar-refractivity contribution in [3.63, 3.8) is 0 Å². The number of hydrogen-bond donors (Lipinski definition) is 1. The monoisotopic (exact) mass is 304 g/mol. The van der Waals surface area contributed by atoms with Crippen LogP contribution in [0.1, 0.15) is 81.0 Å². The molecule has 0 aromatic heterocycles. The number of unbranched alkanes of at least 4 members (excludes halogenated alkanes) is 8. The van der Waals surface area contributed by atoms with Crippen molar-refractivity contribution in [2.24, 2.45) is 0 Å². The fourth-order valence-electron chi connectivity index (χ4n) is 2.57. The Morgan fingerprint density at radius 2 is 1.14 bits per heavy atom. The highest BCUT2D eigenvalue weighted by atomic mass is 16.4. The lowest BCUT2D eigenvalue weighted by Gasteiger charge is -2.03. The van der Waals surface area contributed by atoms with Crippen molar-refractivity contribution < 1.29 is 14.7 Å². The minimum Gasteiger partial charge on any atom is -0.481 e. The van der Waals surface area contributed by atoms with Crippen LogP contribution in [0.2, 0.25) is 0 Å². The summed E-state index contributed by atoms with van der Waals surface area (Å²) >= 11 is 0. The van der Waals surface area contributed by atoms with Crippen LogP contribution in [0.15, 0.2) is 30.3 Å². The molecule has 0 aliphatic carbocycles. The van der Waals surface area contributed by atoms with Crippen molar-refractivity contribution in [3.05, 3.63) is 35.9 Å². The fraction of sp³-hybridized carbons (Fsp3) is 0.579. The average Bonchev–Trinajstić information content (AvgIpc) is 2.53. The summed E-state index contributed by atoms with van der Waals surface area (Å²) < 4.78 is 0. The maximum Gasteiger partial charge on any atom is 0.303 e. The maximum absolute atomic E-state index is 11.9. The largest absolute Gasteiger partial charge is 0.481 e. The Balaban J connectivity index is 1.88. The molecule has 0 atom stereocenters. The Morgan fingerprint density at radius 3 is 1.64 bits per heavy atom. The van der Waals surface area contributed by atoms with Crippen LogP contribution in [0.3, 0.4) is 0 Å². The molecule has 3 nitrogen and oxygen atoms in total. The predicted molar refractivity (Wildman–Crippen MR) is 89.2 cm³/mol. The smallest absolute Gasteiger partial charge is 0.303 e. The molecule has 1 aromatic rings.